The van der Waals surface area contributed by atoms with Crippen molar-refractivity contribution in [2.75, 3.05) is 6.61 Å². The Morgan fingerprint density at radius 3 is 2.39 bits per heavy atom. The molecule has 0 aromatic heterocycles. The monoisotopic (exact) mass is 716 g/mol. The third kappa shape index (κ3) is 10.7. The molecular formula is C40H60O11. The Morgan fingerprint density at radius 1 is 0.922 bits per heavy atom. The van der Waals surface area contributed by atoms with Crippen molar-refractivity contribution in [2.45, 2.75) is 178 Å². The number of carbonyl (C=O) groups is 1. The molecule has 4 aliphatic heterocycles. The van der Waals surface area contributed by atoms with Crippen LogP contribution in [0.4, 0.5) is 0 Å². The van der Waals surface area contributed by atoms with E-state index in [4.69, 9.17) is 42.6 Å². The van der Waals surface area contributed by atoms with Gasteiger partial charge in [0.1, 0.15) is 36.6 Å². The minimum atomic E-state index is -1.40. The first kappa shape index (κ1) is 40.0. The Labute approximate surface area is 303 Å². The summed E-state index contributed by atoms with van der Waals surface area (Å²) >= 11 is 0. The number of fused-ring (bicyclic) bond motifs is 2. The third-order valence-electron chi connectivity index (χ3n) is 9.93. The van der Waals surface area contributed by atoms with Gasteiger partial charge in [-0.2, -0.15) is 0 Å². The highest BCUT2D eigenvalue weighted by Gasteiger charge is 2.58. The Morgan fingerprint density at radius 2 is 1.65 bits per heavy atom. The van der Waals surface area contributed by atoms with Crippen molar-refractivity contribution in [3.8, 4) is 0 Å². The Kier molecular flexibility index (Phi) is 15.1. The lowest BCUT2D eigenvalue weighted by Gasteiger charge is -2.49. The molecule has 4 fully saturated rings. The van der Waals surface area contributed by atoms with Crippen LogP contribution < -0.4 is 0 Å². The lowest BCUT2D eigenvalue weighted by molar-refractivity contribution is -0.388. The van der Waals surface area contributed by atoms with E-state index >= 15 is 0 Å². The van der Waals surface area contributed by atoms with E-state index < -0.39 is 73.4 Å². The molecule has 0 amide bonds. The fourth-order valence-electron chi connectivity index (χ4n) is 7.30. The van der Waals surface area contributed by atoms with E-state index in [0.717, 1.165) is 63.4 Å². The normalized spacial score (nSPS) is 35.0. The SMILES string of the molecule is C=CCCCCC(=O)O[C@@H]1[C@@H](O)[C@H](O[C@H]2[C@H](O[C@H](CCCC=C)CCCCC)O[C@H](C)[C@@H]3OC(C)(C)O[C@@H]32)O[C@@H]2CO[C@@H](c3ccccc3)O[C@@H]12. The molecule has 0 aliphatic carbocycles. The number of carbonyl (C=O) groups excluding carboxylic acids is 1. The first-order chi connectivity index (χ1) is 24.6. The quantitative estimate of drug-likeness (QED) is 0.0923. The predicted octanol–water partition coefficient (Wildman–Crippen LogP) is 6.82. The second kappa shape index (κ2) is 19.2. The number of allylic oxidation sites excluding steroid dienone is 2. The summed E-state index contributed by atoms with van der Waals surface area (Å²) in [7, 11) is 0. The van der Waals surface area contributed by atoms with E-state index in [1.54, 1.807) is 0 Å². The maximum atomic E-state index is 13.2. The van der Waals surface area contributed by atoms with Crippen molar-refractivity contribution in [3.05, 3.63) is 61.2 Å². The second-order valence-corrected chi connectivity index (χ2v) is 14.5. The molecule has 5 rings (SSSR count). The fourth-order valence-corrected chi connectivity index (χ4v) is 7.30. The highest BCUT2D eigenvalue weighted by atomic mass is 16.8. The van der Waals surface area contributed by atoms with E-state index in [9.17, 15) is 9.90 Å². The summed E-state index contributed by atoms with van der Waals surface area (Å²) in [6.45, 7) is 15.6. The zero-order valence-corrected chi connectivity index (χ0v) is 30.9. The molecule has 11 nitrogen and oxygen atoms in total. The van der Waals surface area contributed by atoms with Crippen molar-refractivity contribution >= 4 is 5.97 Å². The minimum Gasteiger partial charge on any atom is -0.456 e. The van der Waals surface area contributed by atoms with Crippen LogP contribution in [0.1, 0.15) is 110 Å². The minimum absolute atomic E-state index is 0.0851. The molecule has 51 heavy (non-hydrogen) atoms. The van der Waals surface area contributed by atoms with Gasteiger partial charge in [0.05, 0.1) is 18.8 Å². The number of benzene rings is 1. The van der Waals surface area contributed by atoms with E-state index in [1.807, 2.05) is 63.3 Å². The van der Waals surface area contributed by atoms with Crippen molar-refractivity contribution < 1.29 is 52.5 Å². The number of esters is 1. The van der Waals surface area contributed by atoms with E-state index in [2.05, 4.69) is 20.1 Å². The third-order valence-corrected chi connectivity index (χ3v) is 9.93. The number of hydrogen-bond donors (Lipinski definition) is 1. The van der Waals surface area contributed by atoms with Crippen LogP contribution in [-0.4, -0.2) is 91.0 Å². The van der Waals surface area contributed by atoms with E-state index in [0.29, 0.717) is 6.42 Å². The highest BCUT2D eigenvalue weighted by Crippen LogP contribution is 2.42. The summed E-state index contributed by atoms with van der Waals surface area (Å²) in [4.78, 5) is 13.2. The van der Waals surface area contributed by atoms with Gasteiger partial charge in [-0.3, -0.25) is 4.79 Å². The summed E-state index contributed by atoms with van der Waals surface area (Å²) in [5.41, 5.74) is 0.806. The van der Waals surface area contributed by atoms with E-state index in [-0.39, 0.29) is 25.2 Å². The second-order valence-electron chi connectivity index (χ2n) is 14.5. The van der Waals surface area contributed by atoms with E-state index in [1.165, 1.54) is 0 Å². The average Bonchev–Trinajstić information content (AvgIpc) is 3.46. The molecule has 4 aliphatic rings. The number of ether oxygens (including phenoxy) is 9. The van der Waals surface area contributed by atoms with Gasteiger partial charge in [0.25, 0.3) is 0 Å². The van der Waals surface area contributed by atoms with Crippen LogP contribution in [0.5, 0.6) is 0 Å². The van der Waals surface area contributed by atoms with Crippen LogP contribution in [0.15, 0.2) is 55.6 Å². The smallest absolute Gasteiger partial charge is 0.306 e. The standard InChI is InChI=1S/C40H60O11/c1-7-10-13-19-24-30(41)47-34-31(42)38(46-29-25-43-37(48-33(29)34)27-20-17-14-18-21-27)49-36-35-32(50-40(5,6)51-35)26(4)44-39(36)45-28(22-15-11-8-2)23-16-12-9-3/h7-8,14,17-18,20-21,26,28-29,31-39,42H,1-2,9-13,15-16,19,22-25H2,3-6H3/t26-,28-,29-,31-,32+,33-,34-,35+,36-,37-,38+,39+/m1/s1. The van der Waals surface area contributed by atoms with Gasteiger partial charge in [-0.15, -0.1) is 13.2 Å². The molecule has 1 aromatic carbocycles. The maximum Gasteiger partial charge on any atom is 0.306 e. The van der Waals surface area contributed by atoms with Crippen LogP contribution in [0.3, 0.4) is 0 Å². The van der Waals surface area contributed by atoms with Gasteiger partial charge in [0.2, 0.25) is 0 Å². The number of hydrogen-bond acceptors (Lipinski definition) is 11. The van der Waals surface area contributed by atoms with Gasteiger partial charge >= 0.3 is 5.97 Å². The zero-order valence-electron chi connectivity index (χ0n) is 30.9. The van der Waals surface area contributed by atoms with Crippen molar-refractivity contribution in [1.82, 2.24) is 0 Å². The Bertz CT molecular complexity index is 1230. The molecule has 1 aromatic rings. The summed E-state index contributed by atoms with van der Waals surface area (Å²) in [6, 6.07) is 9.50. The fraction of sp³-hybridized carbons (Fsp3) is 0.725. The summed E-state index contributed by atoms with van der Waals surface area (Å²) in [5.74, 6) is -1.33. The topological polar surface area (TPSA) is 120 Å². The van der Waals surface area contributed by atoms with Gasteiger partial charge in [-0.05, 0) is 65.7 Å². The molecule has 0 radical (unpaired) electrons. The number of aliphatic hydroxyl groups is 1. The van der Waals surface area contributed by atoms with Crippen LogP contribution in [0.25, 0.3) is 0 Å². The molecule has 286 valence electrons. The molecule has 0 spiro atoms. The van der Waals surface area contributed by atoms with Gasteiger partial charge in [0, 0.05) is 12.0 Å². The lowest BCUT2D eigenvalue weighted by atomic mass is 9.96. The van der Waals surface area contributed by atoms with Gasteiger partial charge in [-0.1, -0.05) is 68.7 Å². The van der Waals surface area contributed by atoms with Crippen LogP contribution in [0, 0.1) is 0 Å². The predicted molar refractivity (Wildman–Crippen MR) is 189 cm³/mol. The van der Waals surface area contributed by atoms with Crippen LogP contribution >= 0.6 is 0 Å². The Balaban J connectivity index is 1.38. The van der Waals surface area contributed by atoms with Crippen LogP contribution in [-0.2, 0) is 47.4 Å². The molecule has 4 saturated heterocycles. The Hall–Kier alpha value is -2.19. The molecule has 12 atom stereocenters. The summed E-state index contributed by atoms with van der Waals surface area (Å²) in [5, 5.41) is 11.9. The largest absolute Gasteiger partial charge is 0.456 e. The molecule has 0 unspecified atom stereocenters. The number of rotatable bonds is 19. The molecule has 0 saturated carbocycles. The highest BCUT2D eigenvalue weighted by molar-refractivity contribution is 5.69. The van der Waals surface area contributed by atoms with Crippen molar-refractivity contribution in [1.29, 1.82) is 0 Å². The summed E-state index contributed by atoms with van der Waals surface area (Å²) < 4.78 is 57.6. The van der Waals surface area contributed by atoms with Gasteiger partial charge in [0.15, 0.2) is 30.8 Å². The average molecular weight is 717 g/mol. The van der Waals surface area contributed by atoms with Gasteiger partial charge in [-0.25, -0.2) is 0 Å². The summed E-state index contributed by atoms with van der Waals surface area (Å²) in [6.07, 6.45) is 3.83. The zero-order chi connectivity index (χ0) is 36.4. The number of aliphatic hydroxyl groups excluding tert-OH is 1. The molecular weight excluding hydrogens is 656 g/mol. The van der Waals surface area contributed by atoms with Crippen molar-refractivity contribution in [3.63, 3.8) is 0 Å². The number of unbranched alkanes of at least 4 members (excludes halogenated alkanes) is 5. The lowest BCUT2D eigenvalue weighted by Crippen LogP contribution is -2.66. The van der Waals surface area contributed by atoms with Gasteiger partial charge < -0.3 is 47.7 Å². The maximum absolute atomic E-state index is 13.2. The molecule has 1 N–H and O–H groups in total. The first-order valence-electron chi connectivity index (χ1n) is 19.0. The molecule has 11 heteroatoms. The molecule has 0 bridgehead atoms. The molecule has 4 heterocycles. The van der Waals surface area contributed by atoms with Crippen molar-refractivity contribution in [2.24, 2.45) is 0 Å². The van der Waals surface area contributed by atoms with Crippen LogP contribution in [0.2, 0.25) is 0 Å². The first-order valence-corrected chi connectivity index (χ1v) is 19.0.